The van der Waals surface area contributed by atoms with Gasteiger partial charge in [0.05, 0.1) is 0 Å². The molecule has 6 aliphatic carbocycles. The average molecular weight is 1040 g/mol. The second kappa shape index (κ2) is 11.3. The van der Waals surface area contributed by atoms with Gasteiger partial charge in [-0.05, 0) is 0 Å². The Balaban J connectivity index is 0.00000417. The zero-order chi connectivity index (χ0) is 33.3. The van der Waals surface area contributed by atoms with Crippen molar-refractivity contribution in [2.75, 3.05) is 0 Å². The molecule has 2 N–H and O–H groups in total. The topological polar surface area (TPSA) is 171 Å². The monoisotopic (exact) mass is 1040 g/mol. The van der Waals surface area contributed by atoms with E-state index in [2.05, 4.69) is 0 Å². The fourth-order valence-electron chi connectivity index (χ4n) is 10.5. The van der Waals surface area contributed by atoms with Gasteiger partial charge in [-0.1, -0.05) is 0 Å². The minimum absolute atomic E-state index is 0. The molecule has 46 heavy (non-hydrogen) atoms. The van der Waals surface area contributed by atoms with Gasteiger partial charge in [0.15, 0.2) is 0 Å². The molecule has 6 saturated carbocycles. The zero-order valence-corrected chi connectivity index (χ0v) is 35.1. The number of hydrogen-bond acceptors (Lipinski definition) is 10. The molecule has 13 heteroatoms. The van der Waals surface area contributed by atoms with Gasteiger partial charge < -0.3 is 5.48 Å². The minimum Gasteiger partial charge on any atom is -0.412 e. The van der Waals surface area contributed by atoms with Crippen LogP contribution in [0.25, 0.3) is 0 Å². The Hall–Kier alpha value is -0.894. The van der Waals surface area contributed by atoms with Crippen molar-refractivity contribution in [2.45, 2.75) is 101 Å². The Kier molecular flexibility index (Phi) is 8.95. The van der Waals surface area contributed by atoms with E-state index in [9.17, 15) is 28.8 Å². The smallest absolute Gasteiger partial charge is 0.412 e. The van der Waals surface area contributed by atoms with E-state index in [-0.39, 0.29) is 46.0 Å². The Morgan fingerprint density at radius 3 is 1.17 bits per heavy atom. The maximum absolute atomic E-state index is 13.6. The van der Waals surface area contributed by atoms with Crippen molar-refractivity contribution in [1.82, 2.24) is 0 Å². The molecule has 0 amide bonds. The average Bonchev–Trinajstić information content (AvgIpc) is 3.56. The van der Waals surface area contributed by atoms with Gasteiger partial charge in [0, 0.05) is 0 Å². The van der Waals surface area contributed by atoms with Crippen LogP contribution in [0.2, 0.25) is 0 Å². The SMILES string of the molecule is CC1(C)[C@@H]2CC[C@@]1(C)C(=O)[C@H]2C(=O)[O][Bi][O][Bi]([O]C(=O)[C@@H]1C(=O)[C@]2(C)CC[C@H]1C2(C)C)[O]C(=O)[C@@H]1C(=O)[C@]2(C)CC[C@H]1C2(C)C.O. The van der Waals surface area contributed by atoms with E-state index in [1.54, 1.807) is 0 Å². The van der Waals surface area contributed by atoms with Crippen molar-refractivity contribution in [1.29, 1.82) is 0 Å². The van der Waals surface area contributed by atoms with Crippen molar-refractivity contribution < 1.29 is 43.6 Å². The molecule has 11 nitrogen and oxygen atoms in total. The third-order valence-corrected chi connectivity index (χ3v) is 26.1. The summed E-state index contributed by atoms with van der Waals surface area (Å²) in [5.74, 6) is -5.95. The molecular weight excluding hydrogens is 990 g/mol. The van der Waals surface area contributed by atoms with Gasteiger partial charge in [0.25, 0.3) is 0 Å². The standard InChI is InChI=1S/3C11H16O3.2Bi.H2O.O/c3*1-10(2)6-4-5-11(10,3)8(12)7(6)9(13)14;;;;/h3*6-7H,4-5H2,1-3H3,(H,13,14);;;1H2;/q;;;+1;+2;;/p-3/t3*6-,7+,11+;;;;/m111..../s1. The Morgan fingerprint density at radius 2 is 0.891 bits per heavy atom. The summed E-state index contributed by atoms with van der Waals surface area (Å²) in [5, 5.41) is 0. The molecule has 9 atom stereocenters. The molecule has 6 aliphatic rings. The number of Topliss-reactive ketones (excluding diaryl/α,β-unsaturated/α-hetero) is 3. The van der Waals surface area contributed by atoms with Gasteiger partial charge in [0.2, 0.25) is 0 Å². The van der Waals surface area contributed by atoms with Gasteiger partial charge in [0.1, 0.15) is 0 Å². The first-order valence-corrected chi connectivity index (χ1v) is 23.2. The molecule has 0 heterocycles. The van der Waals surface area contributed by atoms with Gasteiger partial charge in [-0.15, -0.1) is 0 Å². The normalized spacial score (nSPS) is 42.0. The molecule has 0 spiro atoms. The molecule has 0 aromatic carbocycles. The predicted octanol–water partition coefficient (Wildman–Crippen LogP) is 3.25. The second-order valence-corrected chi connectivity index (χ2v) is 27.4. The quantitative estimate of drug-likeness (QED) is 0.260. The van der Waals surface area contributed by atoms with E-state index in [1.165, 1.54) is 0 Å². The van der Waals surface area contributed by atoms with Crippen LogP contribution >= 0.6 is 0 Å². The van der Waals surface area contributed by atoms with E-state index in [0.717, 1.165) is 12.8 Å². The first-order valence-electron chi connectivity index (χ1n) is 16.1. The third kappa shape index (κ3) is 4.51. The first kappa shape index (κ1) is 36.4. The maximum atomic E-state index is 13.6. The molecular formula is C33H47Bi2O11. The Labute approximate surface area is 293 Å². The zero-order valence-electron chi connectivity index (χ0n) is 28.2. The van der Waals surface area contributed by atoms with Crippen molar-refractivity contribution in [2.24, 2.45) is 68.0 Å². The largest absolute Gasteiger partial charge is 0.412 e. The fraction of sp³-hybridized carbons (Fsp3) is 0.818. The number of carbonyl (C=O) groups excluding carboxylic acids is 6. The van der Waals surface area contributed by atoms with E-state index in [4.69, 9.17) is 9.33 Å². The van der Waals surface area contributed by atoms with Crippen LogP contribution in [0.3, 0.4) is 0 Å². The molecule has 0 aromatic heterocycles. The number of hydrogen-bond donors (Lipinski definition) is 0. The molecule has 0 unspecified atom stereocenters. The summed E-state index contributed by atoms with van der Waals surface area (Å²) in [7, 11) is 0. The van der Waals surface area contributed by atoms with E-state index >= 15 is 0 Å². The molecule has 0 aliphatic heterocycles. The van der Waals surface area contributed by atoms with Crippen LogP contribution in [0.5, 0.6) is 0 Å². The summed E-state index contributed by atoms with van der Waals surface area (Å²) in [6.07, 6.45) is 4.32. The molecule has 6 bridgehead atoms. The van der Waals surface area contributed by atoms with Crippen molar-refractivity contribution in [3.05, 3.63) is 0 Å². The van der Waals surface area contributed by atoms with Crippen molar-refractivity contribution in [3.8, 4) is 0 Å². The van der Waals surface area contributed by atoms with Crippen LogP contribution in [-0.2, 0) is 38.1 Å². The Bertz CT molecular complexity index is 1340. The van der Waals surface area contributed by atoms with Gasteiger partial charge >= 0.3 is 289 Å². The fourth-order valence-corrected chi connectivity index (χ4v) is 19.3. The summed E-state index contributed by atoms with van der Waals surface area (Å²) in [6.45, 7) is 17.8. The van der Waals surface area contributed by atoms with Crippen LogP contribution in [0.15, 0.2) is 0 Å². The van der Waals surface area contributed by atoms with E-state index in [0.29, 0.717) is 25.7 Å². The van der Waals surface area contributed by atoms with Gasteiger partial charge in [-0.25, -0.2) is 0 Å². The van der Waals surface area contributed by atoms with Crippen LogP contribution in [0.4, 0.5) is 0 Å². The molecule has 0 aromatic rings. The second-order valence-electron chi connectivity index (χ2n) is 16.7. The minimum atomic E-state index is -4.47. The van der Waals surface area contributed by atoms with E-state index < -0.39 is 110 Å². The van der Waals surface area contributed by atoms with Crippen molar-refractivity contribution in [3.63, 3.8) is 0 Å². The predicted molar refractivity (Wildman–Crippen MR) is 164 cm³/mol. The van der Waals surface area contributed by atoms with E-state index in [1.807, 2.05) is 62.3 Å². The first-order chi connectivity index (χ1) is 20.7. The van der Waals surface area contributed by atoms with Gasteiger partial charge in [-0.2, -0.15) is 0 Å². The Morgan fingerprint density at radius 1 is 0.587 bits per heavy atom. The maximum Gasteiger partial charge on any atom is -0.412 e. The molecule has 6 rings (SSSR count). The van der Waals surface area contributed by atoms with Crippen LogP contribution < -0.4 is 0 Å². The summed E-state index contributed by atoms with van der Waals surface area (Å²) in [6, 6.07) is 0. The summed E-state index contributed by atoms with van der Waals surface area (Å²) in [4.78, 5) is 80.6. The van der Waals surface area contributed by atoms with Crippen LogP contribution in [-0.4, -0.2) is 87.9 Å². The van der Waals surface area contributed by atoms with Crippen LogP contribution in [0, 0.1) is 68.0 Å². The van der Waals surface area contributed by atoms with Gasteiger partial charge in [-0.3, -0.25) is 0 Å². The number of ketones is 3. The molecule has 255 valence electrons. The van der Waals surface area contributed by atoms with Crippen LogP contribution in [0.1, 0.15) is 101 Å². The molecule has 0 saturated heterocycles. The summed E-state index contributed by atoms with van der Waals surface area (Å²) < 4.78 is 23.1. The molecule has 1 radical (unpaired) electrons. The van der Waals surface area contributed by atoms with Crippen molar-refractivity contribution >= 4 is 82.4 Å². The molecule has 6 fully saturated rings. The number of fused-ring (bicyclic) bond motifs is 6. The number of carbonyl (C=O) groups is 6. The third-order valence-electron chi connectivity index (χ3n) is 14.9. The summed E-state index contributed by atoms with van der Waals surface area (Å²) in [5.41, 5.74) is -3.00. The number of rotatable bonds is 8. The summed E-state index contributed by atoms with van der Waals surface area (Å²) >= 11 is -7.11.